The highest BCUT2D eigenvalue weighted by molar-refractivity contribution is 6.31. The molecular weight excluding hydrogens is 234 g/mol. The molecule has 1 rings (SSSR count). The van der Waals surface area contributed by atoms with E-state index in [-0.39, 0.29) is 11.2 Å². The van der Waals surface area contributed by atoms with Gasteiger partial charge in [0.1, 0.15) is 0 Å². The molecule has 0 heterocycles. The van der Waals surface area contributed by atoms with Gasteiger partial charge in [-0.15, -0.1) is 0 Å². The lowest BCUT2D eigenvalue weighted by atomic mass is 9.91. The van der Waals surface area contributed by atoms with Crippen molar-refractivity contribution in [2.45, 2.75) is 27.7 Å². The van der Waals surface area contributed by atoms with Crippen molar-refractivity contribution in [3.63, 3.8) is 0 Å². The number of nitrogens with one attached hydrogen (secondary N) is 1. The largest absolute Gasteiger partial charge is 0.361 e. The molecule has 0 saturated carbocycles. The average Bonchev–Trinajstić information content (AvgIpc) is 2.22. The molecule has 3 heteroatoms. The molecule has 0 bridgehead atoms. The molecule has 2 nitrogen and oxygen atoms in total. The van der Waals surface area contributed by atoms with Gasteiger partial charge in [-0.2, -0.15) is 0 Å². The van der Waals surface area contributed by atoms with Crippen LogP contribution in [-0.4, -0.2) is 5.78 Å². The quantitative estimate of drug-likeness (QED) is 0.817. The van der Waals surface area contributed by atoms with E-state index in [1.165, 1.54) is 0 Å². The first-order chi connectivity index (χ1) is 7.82. The Labute approximate surface area is 108 Å². The topological polar surface area (TPSA) is 29.1 Å². The molecule has 1 aromatic rings. The summed E-state index contributed by atoms with van der Waals surface area (Å²) in [5.74, 6) is 0.0877. The minimum absolute atomic E-state index is 0.0877. The summed E-state index contributed by atoms with van der Waals surface area (Å²) in [4.78, 5) is 11.7. The van der Waals surface area contributed by atoms with Crippen LogP contribution in [0.2, 0.25) is 5.02 Å². The molecule has 0 radical (unpaired) electrons. The van der Waals surface area contributed by atoms with E-state index in [9.17, 15) is 4.79 Å². The highest BCUT2D eigenvalue weighted by atomic mass is 35.5. The predicted molar refractivity (Wildman–Crippen MR) is 73.4 cm³/mol. The Morgan fingerprint density at radius 2 is 2.00 bits per heavy atom. The SMILES string of the molecule is Cc1c(Cl)cccc1N/C=C/C(=O)C(C)(C)C. The Bertz CT molecular complexity index is 444. The molecule has 0 spiro atoms. The van der Waals surface area contributed by atoms with Crippen molar-refractivity contribution in [1.82, 2.24) is 0 Å². The van der Waals surface area contributed by atoms with E-state index in [0.717, 1.165) is 11.3 Å². The third-order valence-electron chi connectivity index (χ3n) is 2.48. The lowest BCUT2D eigenvalue weighted by Gasteiger charge is -2.13. The zero-order valence-corrected chi connectivity index (χ0v) is 11.4. The third-order valence-corrected chi connectivity index (χ3v) is 2.89. The van der Waals surface area contributed by atoms with Gasteiger partial charge in [0.25, 0.3) is 0 Å². The Morgan fingerprint density at radius 3 is 2.59 bits per heavy atom. The van der Waals surface area contributed by atoms with Gasteiger partial charge < -0.3 is 5.32 Å². The van der Waals surface area contributed by atoms with Gasteiger partial charge in [-0.05, 0) is 30.7 Å². The van der Waals surface area contributed by atoms with Crippen molar-refractivity contribution in [3.05, 3.63) is 41.1 Å². The standard InChI is InChI=1S/C14H18ClNO/c1-10-11(15)6-5-7-12(10)16-9-8-13(17)14(2,3)4/h5-9,16H,1-4H3/b9-8+. The molecule has 0 aliphatic carbocycles. The van der Waals surface area contributed by atoms with E-state index in [1.54, 1.807) is 12.3 Å². The van der Waals surface area contributed by atoms with Crippen LogP contribution < -0.4 is 5.32 Å². The number of ketones is 1. The minimum atomic E-state index is -0.346. The lowest BCUT2D eigenvalue weighted by molar-refractivity contribution is -0.121. The maximum atomic E-state index is 11.7. The molecule has 1 aromatic carbocycles. The maximum Gasteiger partial charge on any atom is 0.162 e. The molecule has 0 unspecified atom stereocenters. The van der Waals surface area contributed by atoms with Crippen LogP contribution in [0, 0.1) is 12.3 Å². The molecule has 0 aliphatic rings. The molecule has 0 amide bonds. The monoisotopic (exact) mass is 251 g/mol. The third kappa shape index (κ3) is 3.90. The molecule has 92 valence electrons. The van der Waals surface area contributed by atoms with Gasteiger partial charge in [0.2, 0.25) is 0 Å². The van der Waals surface area contributed by atoms with Gasteiger partial charge >= 0.3 is 0 Å². The van der Waals surface area contributed by atoms with Crippen molar-refractivity contribution in [2.75, 3.05) is 5.32 Å². The Morgan fingerprint density at radius 1 is 1.35 bits per heavy atom. The van der Waals surface area contributed by atoms with Crippen LogP contribution in [0.4, 0.5) is 5.69 Å². The number of carbonyl (C=O) groups is 1. The summed E-state index contributed by atoms with van der Waals surface area (Å²) in [6, 6.07) is 5.64. The Hall–Kier alpha value is -1.28. The maximum absolute atomic E-state index is 11.7. The van der Waals surface area contributed by atoms with E-state index in [0.29, 0.717) is 5.02 Å². The number of allylic oxidation sites excluding steroid dienone is 1. The molecule has 0 aromatic heterocycles. The molecule has 0 fully saturated rings. The van der Waals surface area contributed by atoms with Crippen molar-refractivity contribution < 1.29 is 4.79 Å². The second-order valence-electron chi connectivity index (χ2n) is 5.00. The fourth-order valence-corrected chi connectivity index (χ4v) is 1.40. The van der Waals surface area contributed by atoms with E-state index >= 15 is 0 Å². The number of hydrogen-bond donors (Lipinski definition) is 1. The van der Waals surface area contributed by atoms with Crippen LogP contribution in [-0.2, 0) is 4.79 Å². The summed E-state index contributed by atoms with van der Waals surface area (Å²) >= 11 is 6.00. The molecule has 0 saturated heterocycles. The summed E-state index contributed by atoms with van der Waals surface area (Å²) in [6.45, 7) is 7.61. The zero-order valence-electron chi connectivity index (χ0n) is 10.7. The summed E-state index contributed by atoms with van der Waals surface area (Å²) in [6.07, 6.45) is 3.21. The van der Waals surface area contributed by atoms with Gasteiger partial charge in [-0.25, -0.2) is 0 Å². The molecule has 0 aliphatic heterocycles. The van der Waals surface area contributed by atoms with E-state index in [1.807, 2.05) is 45.9 Å². The second kappa shape index (κ2) is 5.37. The van der Waals surface area contributed by atoms with Gasteiger partial charge in [0.15, 0.2) is 5.78 Å². The lowest BCUT2D eigenvalue weighted by Crippen LogP contribution is -2.17. The molecular formula is C14H18ClNO. The average molecular weight is 252 g/mol. The number of halogens is 1. The van der Waals surface area contributed by atoms with Crippen LogP contribution in [0.15, 0.2) is 30.5 Å². The Kier molecular flexibility index (Phi) is 4.35. The van der Waals surface area contributed by atoms with Crippen LogP contribution in [0.25, 0.3) is 0 Å². The van der Waals surface area contributed by atoms with E-state index in [2.05, 4.69) is 5.32 Å². The highest BCUT2D eigenvalue weighted by Crippen LogP contribution is 2.23. The van der Waals surface area contributed by atoms with Crippen molar-refractivity contribution in [1.29, 1.82) is 0 Å². The van der Waals surface area contributed by atoms with E-state index < -0.39 is 0 Å². The number of rotatable bonds is 3. The zero-order chi connectivity index (χ0) is 13.1. The predicted octanol–water partition coefficient (Wildman–Crippen LogP) is 4.19. The minimum Gasteiger partial charge on any atom is -0.361 e. The fourth-order valence-electron chi connectivity index (χ4n) is 1.22. The summed E-state index contributed by atoms with van der Waals surface area (Å²) in [7, 11) is 0. The molecule has 17 heavy (non-hydrogen) atoms. The first-order valence-electron chi connectivity index (χ1n) is 5.55. The van der Waals surface area contributed by atoms with Gasteiger partial charge in [-0.1, -0.05) is 38.4 Å². The molecule has 1 N–H and O–H groups in total. The second-order valence-corrected chi connectivity index (χ2v) is 5.41. The van der Waals surface area contributed by atoms with Crippen LogP contribution >= 0.6 is 11.6 Å². The summed E-state index contributed by atoms with van der Waals surface area (Å²) in [5, 5.41) is 3.78. The first-order valence-corrected chi connectivity index (χ1v) is 5.93. The van der Waals surface area contributed by atoms with E-state index in [4.69, 9.17) is 11.6 Å². The normalized spacial score (nSPS) is 11.8. The number of carbonyl (C=O) groups excluding carboxylic acids is 1. The smallest absolute Gasteiger partial charge is 0.162 e. The van der Waals surface area contributed by atoms with Crippen LogP contribution in [0.1, 0.15) is 26.3 Å². The van der Waals surface area contributed by atoms with Crippen molar-refractivity contribution in [3.8, 4) is 0 Å². The van der Waals surface area contributed by atoms with Crippen molar-refractivity contribution >= 4 is 23.1 Å². The summed E-state index contributed by atoms with van der Waals surface area (Å²) in [5.41, 5.74) is 1.54. The molecule has 0 atom stereocenters. The first kappa shape index (κ1) is 13.8. The van der Waals surface area contributed by atoms with Gasteiger partial charge in [0, 0.05) is 22.3 Å². The van der Waals surface area contributed by atoms with Gasteiger partial charge in [0.05, 0.1) is 0 Å². The van der Waals surface area contributed by atoms with Crippen LogP contribution in [0.5, 0.6) is 0 Å². The van der Waals surface area contributed by atoms with Crippen molar-refractivity contribution in [2.24, 2.45) is 5.41 Å². The van der Waals surface area contributed by atoms with Gasteiger partial charge in [-0.3, -0.25) is 4.79 Å². The number of anilines is 1. The Balaban J connectivity index is 2.72. The number of benzene rings is 1. The fraction of sp³-hybridized carbons (Fsp3) is 0.357. The van der Waals surface area contributed by atoms with Crippen LogP contribution in [0.3, 0.4) is 0 Å². The summed E-state index contributed by atoms with van der Waals surface area (Å²) < 4.78 is 0. The number of hydrogen-bond acceptors (Lipinski definition) is 2. The highest BCUT2D eigenvalue weighted by Gasteiger charge is 2.17.